The van der Waals surface area contributed by atoms with Crippen LogP contribution in [0.4, 0.5) is 18.3 Å². The predicted molar refractivity (Wildman–Crippen MR) is 121 cm³/mol. The molecule has 170 valence electrons. The van der Waals surface area contributed by atoms with Crippen LogP contribution >= 0.6 is 11.3 Å². The Bertz CT molecular complexity index is 1080. The average Bonchev–Trinajstić information content (AvgIpc) is 3.14. The molecule has 0 bridgehead atoms. The van der Waals surface area contributed by atoms with E-state index >= 15 is 0 Å². The number of aromatic nitrogens is 2. The van der Waals surface area contributed by atoms with Crippen molar-refractivity contribution in [3.05, 3.63) is 54.1 Å². The zero-order valence-electron chi connectivity index (χ0n) is 18.2. The highest BCUT2D eigenvalue weighted by Gasteiger charge is 2.32. The molecule has 1 aromatic heterocycles. The number of hydrogen-bond acceptors (Lipinski definition) is 5. The number of anilines is 1. The normalized spacial score (nSPS) is 20.7. The second-order valence-electron chi connectivity index (χ2n) is 9.32. The fourth-order valence-corrected chi connectivity index (χ4v) is 5.41. The fraction of sp³-hybridized carbons (Fsp3) is 0.417. The van der Waals surface area contributed by atoms with Gasteiger partial charge in [0, 0.05) is 11.6 Å². The molecule has 1 fully saturated rings. The summed E-state index contributed by atoms with van der Waals surface area (Å²) in [5.41, 5.74) is 0.362. The number of rotatable bonds is 5. The van der Waals surface area contributed by atoms with Gasteiger partial charge in [0.05, 0.1) is 5.56 Å². The fourth-order valence-electron chi connectivity index (χ4n) is 4.59. The van der Waals surface area contributed by atoms with Crippen LogP contribution in [0.25, 0.3) is 10.6 Å². The number of nitrogens with zero attached hydrogens (tertiary/aromatic N) is 2. The molecule has 2 unspecified atom stereocenters. The SMILES string of the molecule is CC1CC(Nc2nnc(-c3cccc(Oc4cccc(C(F)(F)F)c4)c3)s2)CC(C)(C)C1. The maximum atomic E-state index is 13.0. The molecule has 32 heavy (non-hydrogen) atoms. The number of halogens is 3. The summed E-state index contributed by atoms with van der Waals surface area (Å²) in [7, 11) is 0. The van der Waals surface area contributed by atoms with Crippen molar-refractivity contribution in [2.75, 3.05) is 5.32 Å². The number of hydrogen-bond donors (Lipinski definition) is 1. The van der Waals surface area contributed by atoms with E-state index in [1.165, 1.54) is 29.9 Å². The van der Waals surface area contributed by atoms with Gasteiger partial charge in [-0.25, -0.2) is 0 Å². The lowest BCUT2D eigenvalue weighted by molar-refractivity contribution is -0.137. The summed E-state index contributed by atoms with van der Waals surface area (Å²) in [6, 6.07) is 12.4. The number of ether oxygens (including phenoxy) is 1. The Morgan fingerprint density at radius 3 is 2.47 bits per heavy atom. The number of alkyl halides is 3. The van der Waals surface area contributed by atoms with Gasteiger partial charge in [-0.05, 0) is 60.9 Å². The Kier molecular flexibility index (Phi) is 6.16. The van der Waals surface area contributed by atoms with Crippen LogP contribution < -0.4 is 10.1 Å². The van der Waals surface area contributed by atoms with E-state index in [4.69, 9.17) is 4.74 Å². The van der Waals surface area contributed by atoms with Gasteiger partial charge in [-0.3, -0.25) is 0 Å². The molecule has 4 rings (SSSR count). The molecule has 1 N–H and O–H groups in total. The molecule has 2 aromatic carbocycles. The van der Waals surface area contributed by atoms with Crippen molar-refractivity contribution in [3.8, 4) is 22.1 Å². The predicted octanol–water partition coefficient (Wildman–Crippen LogP) is 7.64. The van der Waals surface area contributed by atoms with E-state index in [0.29, 0.717) is 23.1 Å². The van der Waals surface area contributed by atoms with Crippen LogP contribution in [-0.4, -0.2) is 16.2 Å². The number of nitrogens with one attached hydrogen (secondary N) is 1. The zero-order valence-corrected chi connectivity index (χ0v) is 19.1. The first-order chi connectivity index (χ1) is 15.1. The van der Waals surface area contributed by atoms with Gasteiger partial charge in [0.25, 0.3) is 0 Å². The van der Waals surface area contributed by atoms with E-state index in [2.05, 4.69) is 36.3 Å². The third-order valence-electron chi connectivity index (χ3n) is 5.62. The van der Waals surface area contributed by atoms with E-state index in [0.717, 1.165) is 40.7 Å². The van der Waals surface area contributed by atoms with Crippen LogP contribution in [0.5, 0.6) is 11.5 Å². The van der Waals surface area contributed by atoms with Gasteiger partial charge < -0.3 is 10.1 Å². The molecule has 0 amide bonds. The Morgan fingerprint density at radius 1 is 1.03 bits per heavy atom. The lowest BCUT2D eigenvalue weighted by atomic mass is 9.71. The zero-order chi connectivity index (χ0) is 22.9. The van der Waals surface area contributed by atoms with Gasteiger partial charge in [-0.2, -0.15) is 13.2 Å². The van der Waals surface area contributed by atoms with Crippen molar-refractivity contribution >= 4 is 16.5 Å². The molecule has 0 spiro atoms. The third kappa shape index (κ3) is 5.59. The highest BCUT2D eigenvalue weighted by atomic mass is 32.1. The first-order valence-electron chi connectivity index (χ1n) is 10.6. The minimum Gasteiger partial charge on any atom is -0.457 e. The molecule has 0 aliphatic heterocycles. The second-order valence-corrected chi connectivity index (χ2v) is 10.3. The lowest BCUT2D eigenvalue weighted by Gasteiger charge is -2.39. The van der Waals surface area contributed by atoms with Crippen LogP contribution in [0.15, 0.2) is 48.5 Å². The molecular formula is C24H26F3N3OS. The lowest BCUT2D eigenvalue weighted by Crippen LogP contribution is -2.35. The van der Waals surface area contributed by atoms with Gasteiger partial charge in [0.2, 0.25) is 5.13 Å². The Hall–Kier alpha value is -2.61. The van der Waals surface area contributed by atoms with Crippen molar-refractivity contribution in [1.82, 2.24) is 10.2 Å². The molecule has 0 radical (unpaired) electrons. The first kappa shape index (κ1) is 22.6. The van der Waals surface area contributed by atoms with E-state index in [9.17, 15) is 13.2 Å². The second kappa shape index (κ2) is 8.73. The summed E-state index contributed by atoms with van der Waals surface area (Å²) in [6.45, 7) is 6.90. The first-order valence-corrected chi connectivity index (χ1v) is 11.4. The minimum absolute atomic E-state index is 0.130. The van der Waals surface area contributed by atoms with Crippen LogP contribution in [0.3, 0.4) is 0 Å². The summed E-state index contributed by atoms with van der Waals surface area (Å²) in [4.78, 5) is 0. The van der Waals surface area contributed by atoms with Crippen LogP contribution in [0.1, 0.15) is 45.6 Å². The van der Waals surface area contributed by atoms with Crippen molar-refractivity contribution in [3.63, 3.8) is 0 Å². The summed E-state index contributed by atoms with van der Waals surface area (Å²) in [5.74, 6) is 1.23. The molecule has 1 aliphatic carbocycles. The quantitative estimate of drug-likeness (QED) is 0.424. The summed E-state index contributed by atoms with van der Waals surface area (Å²) in [5, 5.41) is 13.6. The van der Waals surface area contributed by atoms with Crippen LogP contribution in [0, 0.1) is 11.3 Å². The number of benzene rings is 2. The van der Waals surface area contributed by atoms with Crippen molar-refractivity contribution in [2.45, 2.75) is 52.3 Å². The van der Waals surface area contributed by atoms with Crippen LogP contribution in [0.2, 0.25) is 0 Å². The summed E-state index contributed by atoms with van der Waals surface area (Å²) in [6.07, 6.45) is -0.987. The minimum atomic E-state index is -4.41. The summed E-state index contributed by atoms with van der Waals surface area (Å²) >= 11 is 1.46. The van der Waals surface area contributed by atoms with E-state index in [1.807, 2.05) is 6.07 Å². The van der Waals surface area contributed by atoms with Gasteiger partial charge in [-0.1, -0.05) is 50.3 Å². The summed E-state index contributed by atoms with van der Waals surface area (Å²) < 4.78 is 44.5. The third-order valence-corrected chi connectivity index (χ3v) is 6.52. The van der Waals surface area contributed by atoms with Gasteiger partial charge >= 0.3 is 6.18 Å². The van der Waals surface area contributed by atoms with Crippen molar-refractivity contribution in [1.29, 1.82) is 0 Å². The van der Waals surface area contributed by atoms with Crippen molar-refractivity contribution < 1.29 is 17.9 Å². The van der Waals surface area contributed by atoms with Gasteiger partial charge in [-0.15, -0.1) is 10.2 Å². The van der Waals surface area contributed by atoms with Gasteiger partial charge in [0.15, 0.2) is 0 Å². The molecule has 1 heterocycles. The maximum absolute atomic E-state index is 13.0. The molecule has 8 heteroatoms. The Morgan fingerprint density at radius 2 is 1.75 bits per heavy atom. The van der Waals surface area contributed by atoms with Gasteiger partial charge in [0.1, 0.15) is 16.5 Å². The Balaban J connectivity index is 1.47. The smallest absolute Gasteiger partial charge is 0.416 e. The highest BCUT2D eigenvalue weighted by Crippen LogP contribution is 2.40. The van der Waals surface area contributed by atoms with E-state index in [-0.39, 0.29) is 5.75 Å². The average molecular weight is 462 g/mol. The maximum Gasteiger partial charge on any atom is 0.416 e. The largest absolute Gasteiger partial charge is 0.457 e. The standard InChI is InChI=1S/C24H26F3N3OS/c1-15-10-18(14-23(2,3)13-15)28-22-30-29-21(32-22)16-6-4-8-19(11-16)31-20-9-5-7-17(12-20)24(25,26)27/h4-9,11-12,15,18H,10,13-14H2,1-3H3,(H,28,30). The monoisotopic (exact) mass is 461 g/mol. The van der Waals surface area contributed by atoms with Crippen LogP contribution in [-0.2, 0) is 6.18 Å². The van der Waals surface area contributed by atoms with E-state index in [1.54, 1.807) is 18.2 Å². The Labute approximate surface area is 189 Å². The van der Waals surface area contributed by atoms with Crippen molar-refractivity contribution in [2.24, 2.45) is 11.3 Å². The molecule has 1 saturated carbocycles. The molecule has 0 saturated heterocycles. The molecular weight excluding hydrogens is 435 g/mol. The molecule has 1 aliphatic rings. The molecule has 2 atom stereocenters. The molecule has 4 nitrogen and oxygen atoms in total. The van der Waals surface area contributed by atoms with E-state index < -0.39 is 11.7 Å². The molecule has 3 aromatic rings. The topological polar surface area (TPSA) is 47.0 Å². The highest BCUT2D eigenvalue weighted by molar-refractivity contribution is 7.18.